The fourth-order valence-corrected chi connectivity index (χ4v) is 9.18. The number of rotatable bonds is 9. The van der Waals surface area contributed by atoms with Crippen LogP contribution in [0.25, 0.3) is 22.5 Å². The van der Waals surface area contributed by atoms with Gasteiger partial charge in [-0.15, -0.1) is 5.10 Å². The number of aromatic nitrogens is 7. The van der Waals surface area contributed by atoms with E-state index in [2.05, 4.69) is 71.2 Å². The van der Waals surface area contributed by atoms with Gasteiger partial charge in [0.2, 0.25) is 11.8 Å². The average molecular weight is 765 g/mol. The van der Waals surface area contributed by atoms with Crippen molar-refractivity contribution >= 4 is 28.5 Å². The normalized spacial score (nSPS) is 23.1. The van der Waals surface area contributed by atoms with Gasteiger partial charge >= 0.3 is 0 Å². The predicted molar refractivity (Wildman–Crippen MR) is 209 cm³/mol. The van der Waals surface area contributed by atoms with E-state index in [4.69, 9.17) is 4.74 Å². The van der Waals surface area contributed by atoms with Crippen molar-refractivity contribution in [3.8, 4) is 29.4 Å². The first-order valence-corrected chi connectivity index (χ1v) is 20.0. The average Bonchev–Trinajstić information content (AvgIpc) is 4.00. The van der Waals surface area contributed by atoms with Crippen molar-refractivity contribution in [2.24, 2.45) is 5.92 Å². The van der Waals surface area contributed by atoms with E-state index in [1.54, 1.807) is 34.7 Å². The van der Waals surface area contributed by atoms with Crippen LogP contribution in [0.3, 0.4) is 0 Å². The van der Waals surface area contributed by atoms with Crippen LogP contribution in [0.5, 0.6) is 5.75 Å². The zero-order chi connectivity index (χ0) is 39.1. The number of pyridine rings is 2. The van der Waals surface area contributed by atoms with Crippen molar-refractivity contribution in [1.29, 1.82) is 10.5 Å². The number of hydrogen-bond acceptors (Lipinski definition) is 12. The van der Waals surface area contributed by atoms with Gasteiger partial charge in [0.25, 0.3) is 0 Å². The summed E-state index contributed by atoms with van der Waals surface area (Å²) in [5, 5.41) is 38.9. The van der Waals surface area contributed by atoms with Gasteiger partial charge in [0.1, 0.15) is 35.6 Å². The zero-order valence-electron chi connectivity index (χ0n) is 31.9. The largest absolute Gasteiger partial charge is 0.492 e. The molecule has 2 atom stereocenters. The molecule has 4 aromatic heterocycles. The Labute approximate surface area is 330 Å². The first kappa shape index (κ1) is 36.4. The highest BCUT2D eigenvalue weighted by atomic mass is 16.5. The molecule has 15 nitrogen and oxygen atoms in total. The van der Waals surface area contributed by atoms with Crippen molar-refractivity contribution < 1.29 is 14.3 Å². The lowest BCUT2D eigenvalue weighted by molar-refractivity contribution is -0.138. The highest BCUT2D eigenvalue weighted by Gasteiger charge is 2.50. The van der Waals surface area contributed by atoms with E-state index in [0.717, 1.165) is 67.7 Å². The van der Waals surface area contributed by atoms with Gasteiger partial charge in [-0.05, 0) is 107 Å². The number of hydrogen-bond donors (Lipinski definition) is 2. The molecule has 2 N–H and O–H groups in total. The molecule has 15 heteroatoms. The number of nitrogens with zero attached hydrogens (tertiary/aromatic N) is 10. The molecule has 290 valence electrons. The van der Waals surface area contributed by atoms with Crippen molar-refractivity contribution in [2.45, 2.75) is 88.0 Å². The van der Waals surface area contributed by atoms with Gasteiger partial charge in [0, 0.05) is 35.6 Å². The molecule has 2 saturated heterocycles. The molecule has 1 aliphatic carbocycles. The fourth-order valence-electron chi connectivity index (χ4n) is 9.18. The maximum atomic E-state index is 12.8. The third kappa shape index (κ3) is 6.97. The lowest BCUT2D eigenvalue weighted by Crippen LogP contribution is -2.52. The number of anilines is 1. The van der Waals surface area contributed by atoms with Crippen LogP contribution >= 0.6 is 0 Å². The first-order chi connectivity index (χ1) is 27.8. The molecule has 9 rings (SSSR count). The van der Waals surface area contributed by atoms with Crippen molar-refractivity contribution in [1.82, 2.24) is 45.0 Å². The molecule has 4 aliphatic rings. The van der Waals surface area contributed by atoms with Gasteiger partial charge in [-0.2, -0.15) is 20.3 Å². The number of amides is 2. The molecule has 3 aliphatic heterocycles. The second kappa shape index (κ2) is 15.0. The fraction of sp³-hybridized carbons (Fsp3) is 0.452. The summed E-state index contributed by atoms with van der Waals surface area (Å²) in [6.07, 6.45) is 15.6. The maximum absolute atomic E-state index is 12.8. The summed E-state index contributed by atoms with van der Waals surface area (Å²) in [4.78, 5) is 36.3. The zero-order valence-corrected chi connectivity index (χ0v) is 31.9. The Morgan fingerprint density at radius 2 is 1.86 bits per heavy atom. The number of carbonyl (C=O) groups is 2. The Morgan fingerprint density at radius 1 is 1.02 bits per heavy atom. The molecule has 1 saturated carbocycles. The van der Waals surface area contributed by atoms with Gasteiger partial charge in [0.15, 0.2) is 11.5 Å². The van der Waals surface area contributed by atoms with E-state index < -0.39 is 11.5 Å². The van der Waals surface area contributed by atoms with E-state index in [1.807, 2.05) is 12.3 Å². The summed E-state index contributed by atoms with van der Waals surface area (Å²) in [5.74, 6) is 2.39. The SMILES string of the molecule is C[C@H](C#N)Nc1cc(-n2ncc3cc(C#N)cnc32)ncc1-n1cc(C2CCC(CCN3CCC(c4ccc5c(c4)OCC54CCC(=O)NC4=O)CC3)CC2)nn1. The molecule has 1 aromatic carbocycles. The number of imide groups is 1. The van der Waals surface area contributed by atoms with E-state index in [1.165, 1.54) is 31.0 Å². The number of fused-ring (bicyclic) bond motifs is 3. The van der Waals surface area contributed by atoms with Crippen LogP contribution < -0.4 is 15.4 Å². The Morgan fingerprint density at radius 3 is 2.65 bits per heavy atom. The Bertz CT molecular complexity index is 2430. The van der Waals surface area contributed by atoms with Gasteiger partial charge in [0.05, 0.1) is 41.6 Å². The minimum Gasteiger partial charge on any atom is -0.492 e. The number of nitrogens with one attached hydrogen (secondary N) is 2. The van der Waals surface area contributed by atoms with Crippen molar-refractivity contribution in [3.63, 3.8) is 0 Å². The second-order valence-electron chi connectivity index (χ2n) is 16.1. The monoisotopic (exact) mass is 764 g/mol. The van der Waals surface area contributed by atoms with E-state index in [-0.39, 0.29) is 11.8 Å². The number of piperidine rings is 2. The molecule has 3 fully saturated rings. The quantitative estimate of drug-likeness (QED) is 0.187. The third-order valence-electron chi connectivity index (χ3n) is 12.6. The van der Waals surface area contributed by atoms with E-state index >= 15 is 0 Å². The highest BCUT2D eigenvalue weighted by Crippen LogP contribution is 2.45. The molecule has 7 heterocycles. The molecular weight excluding hydrogens is 721 g/mol. The number of likely N-dealkylation sites (tertiary alicyclic amines) is 1. The van der Waals surface area contributed by atoms with E-state index in [9.17, 15) is 20.1 Å². The molecule has 57 heavy (non-hydrogen) atoms. The molecule has 2 amide bonds. The summed E-state index contributed by atoms with van der Waals surface area (Å²) in [5.41, 5.74) is 4.81. The lowest BCUT2D eigenvalue weighted by atomic mass is 9.75. The highest BCUT2D eigenvalue weighted by molar-refractivity contribution is 6.04. The number of nitriles is 2. The molecule has 1 unspecified atom stereocenters. The topological polar surface area (TPSA) is 193 Å². The Kier molecular flexibility index (Phi) is 9.62. The van der Waals surface area contributed by atoms with Gasteiger partial charge in [-0.1, -0.05) is 17.3 Å². The van der Waals surface area contributed by atoms with Gasteiger partial charge in [-0.3, -0.25) is 14.9 Å². The summed E-state index contributed by atoms with van der Waals surface area (Å²) in [6, 6.07) is 13.8. The second-order valence-corrected chi connectivity index (χ2v) is 16.1. The standard InChI is InChI=1S/C42H44N12O3/c1-26(19-43)48-34-18-38(54-40-32(22-47-54)16-28(20-44)21-46-40)45-23-36(34)53-24-35(50-51-53)30-4-2-27(3-5-30)9-13-52-14-10-29(11-15-52)31-6-7-33-37(17-31)57-25-42(33)12-8-39(55)49-41(42)56/h6-7,16-18,21-24,26-27,29-30H,2-5,8-15,25H2,1H3,(H,45,48)(H,49,55,56)/t26-,27?,30?,42?/m1/s1. The lowest BCUT2D eigenvalue weighted by Gasteiger charge is -2.34. The van der Waals surface area contributed by atoms with Crippen molar-refractivity contribution in [2.75, 3.05) is 31.6 Å². The first-order valence-electron chi connectivity index (χ1n) is 20.0. The minimum atomic E-state index is -0.739. The van der Waals surface area contributed by atoms with Crippen LogP contribution in [0.15, 0.2) is 55.1 Å². The summed E-state index contributed by atoms with van der Waals surface area (Å²) in [7, 11) is 0. The molecule has 0 bridgehead atoms. The van der Waals surface area contributed by atoms with Crippen LogP contribution in [0.1, 0.15) is 98.9 Å². The summed E-state index contributed by atoms with van der Waals surface area (Å²) >= 11 is 0. The van der Waals surface area contributed by atoms with Crippen molar-refractivity contribution in [3.05, 3.63) is 77.5 Å². The van der Waals surface area contributed by atoms with Crippen LogP contribution in [-0.4, -0.2) is 83.7 Å². The summed E-state index contributed by atoms with van der Waals surface area (Å²) in [6.45, 7) is 5.37. The van der Waals surface area contributed by atoms with Crippen LogP contribution in [0.4, 0.5) is 5.69 Å². The summed E-state index contributed by atoms with van der Waals surface area (Å²) < 4.78 is 9.40. The maximum Gasteiger partial charge on any atom is 0.240 e. The minimum absolute atomic E-state index is 0.205. The third-order valence-corrected chi connectivity index (χ3v) is 12.6. The number of benzene rings is 1. The Balaban J connectivity index is 0.782. The predicted octanol–water partition coefficient (Wildman–Crippen LogP) is 5.20. The smallest absolute Gasteiger partial charge is 0.240 e. The molecule has 1 spiro atoms. The van der Waals surface area contributed by atoms with Crippen LogP contribution in [0.2, 0.25) is 0 Å². The number of carbonyl (C=O) groups excluding carboxylic acids is 2. The van der Waals surface area contributed by atoms with Crippen LogP contribution in [0, 0.1) is 28.6 Å². The van der Waals surface area contributed by atoms with Crippen LogP contribution in [-0.2, 0) is 15.0 Å². The molecule has 5 aromatic rings. The molecular formula is C42H44N12O3. The number of ether oxygens (including phenoxy) is 1. The Hall–Kier alpha value is -6.19. The van der Waals surface area contributed by atoms with E-state index in [0.29, 0.717) is 65.6 Å². The molecule has 0 radical (unpaired) electrons. The van der Waals surface area contributed by atoms with Gasteiger partial charge < -0.3 is 15.0 Å². The van der Waals surface area contributed by atoms with Gasteiger partial charge in [-0.25, -0.2) is 14.6 Å².